The second kappa shape index (κ2) is 3.55. The highest BCUT2D eigenvalue weighted by atomic mass is 19.1. The van der Waals surface area contributed by atoms with E-state index in [1.165, 1.54) is 13.0 Å². The van der Waals surface area contributed by atoms with Crippen molar-refractivity contribution in [2.75, 3.05) is 0 Å². The molecule has 5 nitrogen and oxygen atoms in total. The Morgan fingerprint density at radius 2 is 1.94 bits per heavy atom. The number of halogens is 1. The summed E-state index contributed by atoms with van der Waals surface area (Å²) in [5.41, 5.74) is -5.24. The number of hydrogen-bond donors (Lipinski definition) is 3. The van der Waals surface area contributed by atoms with Crippen molar-refractivity contribution in [2.45, 2.75) is 32.0 Å². The highest BCUT2D eigenvalue weighted by molar-refractivity contribution is 6.03. The molecule has 0 aromatic carbocycles. The monoisotopic (exact) mass is 232 g/mol. The summed E-state index contributed by atoms with van der Waals surface area (Å²) in [5, 5.41) is 27.2. The normalized spacial score (nSPS) is 30.0. The zero-order valence-corrected chi connectivity index (χ0v) is 8.90. The first kappa shape index (κ1) is 12.6. The summed E-state index contributed by atoms with van der Waals surface area (Å²) >= 11 is 0. The van der Waals surface area contributed by atoms with E-state index in [9.17, 15) is 19.1 Å². The number of alkyl halides is 1. The highest BCUT2D eigenvalue weighted by Gasteiger charge is 2.66. The summed E-state index contributed by atoms with van der Waals surface area (Å²) in [6.07, 6.45) is 0.143. The molecule has 1 aliphatic rings. The maximum atomic E-state index is 14.2. The Kier molecular flexibility index (Phi) is 2.81. The maximum absolute atomic E-state index is 14.2. The van der Waals surface area contributed by atoms with E-state index in [1.807, 2.05) is 0 Å². The minimum atomic E-state index is -3.52. The average molecular weight is 232 g/mol. The van der Waals surface area contributed by atoms with Gasteiger partial charge in [-0.2, -0.15) is 0 Å². The Balaban J connectivity index is 3.39. The first-order valence-corrected chi connectivity index (χ1v) is 4.70. The molecule has 0 aromatic heterocycles. The van der Waals surface area contributed by atoms with Crippen LogP contribution in [0.25, 0.3) is 0 Å². The smallest absolute Gasteiger partial charge is 0.354 e. The van der Waals surface area contributed by atoms with E-state index in [1.54, 1.807) is 0 Å². The van der Waals surface area contributed by atoms with Gasteiger partial charge in [0.2, 0.25) is 0 Å². The number of carbonyl (C=O) groups is 2. The summed E-state index contributed by atoms with van der Waals surface area (Å²) in [5.74, 6) is -4.20. The molecule has 90 valence electrons. The second-order valence-corrected chi connectivity index (χ2v) is 4.11. The first-order chi connectivity index (χ1) is 7.19. The Labute approximate surface area is 91.2 Å². The van der Waals surface area contributed by atoms with Gasteiger partial charge in [-0.15, -0.1) is 0 Å². The fraction of sp³-hybridized carbons (Fsp3) is 0.600. The first-order valence-electron chi connectivity index (χ1n) is 4.70. The van der Waals surface area contributed by atoms with Gasteiger partial charge in [0.15, 0.2) is 0 Å². The van der Waals surface area contributed by atoms with Gasteiger partial charge in [0, 0.05) is 0 Å². The van der Waals surface area contributed by atoms with Crippen LogP contribution in [-0.2, 0) is 9.59 Å². The lowest BCUT2D eigenvalue weighted by Gasteiger charge is -2.38. The zero-order chi connectivity index (χ0) is 12.7. The third-order valence-electron chi connectivity index (χ3n) is 3.44. The van der Waals surface area contributed by atoms with Crippen molar-refractivity contribution in [3.8, 4) is 0 Å². The lowest BCUT2D eigenvalue weighted by atomic mass is 9.68. The average Bonchev–Trinajstić information content (AvgIpc) is 2.45. The minimum absolute atomic E-state index is 0.0502. The van der Waals surface area contributed by atoms with Crippen LogP contribution in [0.1, 0.15) is 20.3 Å². The van der Waals surface area contributed by atoms with E-state index < -0.39 is 29.1 Å². The number of rotatable bonds is 3. The molecule has 0 amide bonds. The van der Waals surface area contributed by atoms with Gasteiger partial charge >= 0.3 is 17.6 Å². The minimum Gasteiger partial charge on any atom is -0.478 e. The summed E-state index contributed by atoms with van der Waals surface area (Å²) in [6.45, 7) is 2.52. The van der Waals surface area contributed by atoms with E-state index in [0.717, 1.165) is 6.92 Å². The number of carboxylic acid groups (broad SMARTS) is 2. The van der Waals surface area contributed by atoms with E-state index in [0.29, 0.717) is 0 Å². The van der Waals surface area contributed by atoms with Crippen molar-refractivity contribution in [2.24, 2.45) is 5.41 Å². The molecule has 0 saturated heterocycles. The molecule has 3 N–H and O–H groups in total. The van der Waals surface area contributed by atoms with Gasteiger partial charge in [-0.3, -0.25) is 0 Å². The predicted molar refractivity (Wildman–Crippen MR) is 51.6 cm³/mol. The van der Waals surface area contributed by atoms with Crippen LogP contribution in [-0.4, -0.2) is 39.0 Å². The van der Waals surface area contributed by atoms with Crippen molar-refractivity contribution in [1.82, 2.24) is 0 Å². The molecule has 0 fully saturated rings. The molecule has 0 aliphatic heterocycles. The van der Waals surface area contributed by atoms with Crippen LogP contribution >= 0.6 is 0 Å². The summed E-state index contributed by atoms with van der Waals surface area (Å²) in [4.78, 5) is 21.7. The molecule has 16 heavy (non-hydrogen) atoms. The quantitative estimate of drug-likeness (QED) is 0.488. The van der Waals surface area contributed by atoms with Crippen molar-refractivity contribution in [3.63, 3.8) is 0 Å². The van der Waals surface area contributed by atoms with Crippen molar-refractivity contribution < 1.29 is 29.3 Å². The molecule has 1 aliphatic carbocycles. The van der Waals surface area contributed by atoms with Crippen LogP contribution in [0, 0.1) is 5.41 Å². The van der Waals surface area contributed by atoms with E-state index >= 15 is 0 Å². The van der Waals surface area contributed by atoms with Gasteiger partial charge in [-0.05, 0) is 20.3 Å². The number of aliphatic hydroxyl groups excluding tert-OH is 1. The van der Waals surface area contributed by atoms with Crippen molar-refractivity contribution in [3.05, 3.63) is 11.6 Å². The summed E-state index contributed by atoms with van der Waals surface area (Å²) in [6, 6.07) is 0. The standard InChI is InChI=1S/C10H13FO5/c1-5-3-4-6(12)9(5,2)10(11,7(13)14)8(15)16/h3,6,12H,4H2,1-2H3,(H,13,14)(H,15,16)/t6-,9-/m1/s1. The number of hydrogen-bond acceptors (Lipinski definition) is 3. The van der Waals surface area contributed by atoms with E-state index in [2.05, 4.69) is 0 Å². The fourth-order valence-electron chi connectivity index (χ4n) is 2.04. The van der Waals surface area contributed by atoms with Crippen LogP contribution in [0.5, 0.6) is 0 Å². The summed E-state index contributed by atoms with van der Waals surface area (Å²) < 4.78 is 14.2. The van der Waals surface area contributed by atoms with Crippen LogP contribution in [0.15, 0.2) is 11.6 Å². The zero-order valence-electron chi connectivity index (χ0n) is 8.90. The number of aliphatic hydroxyl groups is 1. The second-order valence-electron chi connectivity index (χ2n) is 4.11. The molecule has 0 bridgehead atoms. The third-order valence-corrected chi connectivity index (χ3v) is 3.44. The largest absolute Gasteiger partial charge is 0.478 e. The predicted octanol–water partition coefficient (Wildman–Crippen LogP) is 0.581. The molecule has 0 aromatic rings. The van der Waals surface area contributed by atoms with Crippen molar-refractivity contribution in [1.29, 1.82) is 0 Å². The van der Waals surface area contributed by atoms with Gasteiger partial charge in [0.25, 0.3) is 0 Å². The van der Waals surface area contributed by atoms with E-state index in [4.69, 9.17) is 10.2 Å². The van der Waals surface area contributed by atoms with Gasteiger partial charge in [-0.1, -0.05) is 11.6 Å². The van der Waals surface area contributed by atoms with Gasteiger partial charge in [-0.25, -0.2) is 14.0 Å². The number of aliphatic carboxylic acids is 2. The number of carboxylic acids is 2. The maximum Gasteiger partial charge on any atom is 0.354 e. The molecule has 0 saturated carbocycles. The van der Waals surface area contributed by atoms with Gasteiger partial charge < -0.3 is 15.3 Å². The van der Waals surface area contributed by atoms with Crippen LogP contribution in [0.4, 0.5) is 4.39 Å². The van der Waals surface area contributed by atoms with Crippen LogP contribution in [0.3, 0.4) is 0 Å². The molecular formula is C10H13FO5. The molecular weight excluding hydrogens is 219 g/mol. The highest BCUT2D eigenvalue weighted by Crippen LogP contribution is 2.49. The summed E-state index contributed by atoms with van der Waals surface area (Å²) in [7, 11) is 0. The van der Waals surface area contributed by atoms with Crippen LogP contribution in [0.2, 0.25) is 0 Å². The Hall–Kier alpha value is -1.43. The third kappa shape index (κ3) is 1.26. The molecule has 1 rings (SSSR count). The molecule has 2 atom stereocenters. The molecule has 6 heteroatoms. The Bertz CT molecular complexity index is 361. The Morgan fingerprint density at radius 1 is 1.50 bits per heavy atom. The fourth-order valence-corrected chi connectivity index (χ4v) is 2.04. The topological polar surface area (TPSA) is 94.8 Å². The van der Waals surface area contributed by atoms with Gasteiger partial charge in [0.05, 0.1) is 11.5 Å². The van der Waals surface area contributed by atoms with Crippen LogP contribution < -0.4 is 0 Å². The molecule has 0 radical (unpaired) electrons. The van der Waals surface area contributed by atoms with E-state index in [-0.39, 0.29) is 12.0 Å². The Morgan fingerprint density at radius 3 is 2.19 bits per heavy atom. The lowest BCUT2D eigenvalue weighted by molar-refractivity contribution is -0.182. The SMILES string of the molecule is CC1=CC[C@@H](O)[C@]1(C)C(F)(C(=O)O)C(=O)O. The lowest BCUT2D eigenvalue weighted by Crippen LogP contribution is -2.59. The molecule has 0 unspecified atom stereocenters. The molecule has 0 heterocycles. The van der Waals surface area contributed by atoms with Crippen molar-refractivity contribution >= 4 is 11.9 Å². The van der Waals surface area contributed by atoms with Gasteiger partial charge in [0.1, 0.15) is 0 Å². The molecule has 0 spiro atoms.